The van der Waals surface area contributed by atoms with Crippen LogP contribution in [0.5, 0.6) is 11.5 Å². The van der Waals surface area contributed by atoms with E-state index >= 15 is 0 Å². The van der Waals surface area contributed by atoms with Gasteiger partial charge in [0.1, 0.15) is 18.0 Å². The van der Waals surface area contributed by atoms with Crippen molar-refractivity contribution in [3.05, 3.63) is 53.1 Å². The van der Waals surface area contributed by atoms with Gasteiger partial charge in [0.25, 0.3) is 5.91 Å². The van der Waals surface area contributed by atoms with Crippen LogP contribution in [-0.4, -0.2) is 41.2 Å². The molecule has 0 saturated carbocycles. The highest BCUT2D eigenvalue weighted by atomic mass is 19.1. The maximum absolute atomic E-state index is 13.7. The summed E-state index contributed by atoms with van der Waals surface area (Å²) in [6.45, 7) is 9.31. The SMILES string of the molecule is CCC(CC)[C@@H](c1ccc(F)cc1C)[C@H](C)OC(=O)[C@H](C)NC(=O)c1nccc(OC)c1O. The van der Waals surface area contributed by atoms with Crippen LogP contribution in [0.1, 0.15) is 68.1 Å². The fourth-order valence-electron chi connectivity index (χ4n) is 4.15. The van der Waals surface area contributed by atoms with Gasteiger partial charge in [0.2, 0.25) is 0 Å². The number of esters is 1. The second-order valence-corrected chi connectivity index (χ2v) is 8.15. The Morgan fingerprint density at radius 2 is 1.85 bits per heavy atom. The number of aromatic hydroxyl groups is 1. The van der Waals surface area contributed by atoms with Crippen molar-refractivity contribution in [2.24, 2.45) is 5.92 Å². The number of aryl methyl sites for hydroxylation is 1. The number of amides is 1. The van der Waals surface area contributed by atoms with Crippen LogP contribution in [-0.2, 0) is 9.53 Å². The average Bonchev–Trinajstić information content (AvgIpc) is 2.77. The van der Waals surface area contributed by atoms with Crippen LogP contribution in [0.3, 0.4) is 0 Å². The summed E-state index contributed by atoms with van der Waals surface area (Å²) in [4.78, 5) is 29.2. The van der Waals surface area contributed by atoms with E-state index in [0.717, 1.165) is 24.0 Å². The molecule has 0 radical (unpaired) electrons. The molecule has 0 aliphatic rings. The molecule has 3 atom stereocenters. The molecule has 1 heterocycles. The third-order valence-corrected chi connectivity index (χ3v) is 5.98. The van der Waals surface area contributed by atoms with Crippen LogP contribution in [0, 0.1) is 18.7 Å². The zero-order chi connectivity index (χ0) is 24.7. The van der Waals surface area contributed by atoms with Crippen molar-refractivity contribution in [2.75, 3.05) is 7.11 Å². The van der Waals surface area contributed by atoms with Gasteiger partial charge >= 0.3 is 5.97 Å². The van der Waals surface area contributed by atoms with E-state index in [2.05, 4.69) is 24.1 Å². The number of carbonyl (C=O) groups excluding carboxylic acids is 2. The smallest absolute Gasteiger partial charge is 0.328 e. The van der Waals surface area contributed by atoms with Crippen LogP contribution in [0.4, 0.5) is 4.39 Å². The Balaban J connectivity index is 2.17. The van der Waals surface area contributed by atoms with Gasteiger partial charge < -0.3 is 19.9 Å². The Kier molecular flexibility index (Phi) is 9.20. The molecule has 1 amide bonds. The van der Waals surface area contributed by atoms with Gasteiger partial charge in [-0.25, -0.2) is 14.2 Å². The number of benzene rings is 1. The normalized spacial score (nSPS) is 13.8. The molecule has 2 aromatic rings. The second-order valence-electron chi connectivity index (χ2n) is 8.15. The van der Waals surface area contributed by atoms with Crippen LogP contribution >= 0.6 is 0 Å². The van der Waals surface area contributed by atoms with Gasteiger partial charge in [0.15, 0.2) is 17.2 Å². The van der Waals surface area contributed by atoms with Crippen molar-refractivity contribution in [2.45, 2.75) is 65.5 Å². The molecule has 0 saturated heterocycles. The van der Waals surface area contributed by atoms with Crippen LogP contribution < -0.4 is 10.1 Å². The monoisotopic (exact) mass is 460 g/mol. The first-order valence-electron chi connectivity index (χ1n) is 11.1. The van der Waals surface area contributed by atoms with Gasteiger partial charge in [0.05, 0.1) is 7.11 Å². The van der Waals surface area contributed by atoms with Crippen molar-refractivity contribution < 1.29 is 28.6 Å². The third-order valence-electron chi connectivity index (χ3n) is 5.98. The topological polar surface area (TPSA) is 97.8 Å². The zero-order valence-corrected chi connectivity index (χ0v) is 20.0. The highest BCUT2D eigenvalue weighted by Crippen LogP contribution is 2.36. The van der Waals surface area contributed by atoms with E-state index in [1.165, 1.54) is 38.4 Å². The number of nitrogens with one attached hydrogen (secondary N) is 1. The summed E-state index contributed by atoms with van der Waals surface area (Å²) in [6, 6.07) is 5.09. The lowest BCUT2D eigenvalue weighted by Crippen LogP contribution is -2.42. The first kappa shape index (κ1) is 26.1. The summed E-state index contributed by atoms with van der Waals surface area (Å²) in [5.74, 6) is -1.87. The Morgan fingerprint density at radius 1 is 1.18 bits per heavy atom. The molecule has 0 unspecified atom stereocenters. The molecule has 0 aliphatic carbocycles. The fourth-order valence-corrected chi connectivity index (χ4v) is 4.15. The van der Waals surface area contributed by atoms with Crippen LogP contribution in [0.2, 0.25) is 0 Å². The van der Waals surface area contributed by atoms with E-state index in [9.17, 15) is 19.1 Å². The highest BCUT2D eigenvalue weighted by Gasteiger charge is 2.32. The van der Waals surface area contributed by atoms with Crippen molar-refractivity contribution in [3.8, 4) is 11.5 Å². The minimum atomic E-state index is -0.982. The van der Waals surface area contributed by atoms with Gasteiger partial charge in [-0.05, 0) is 49.9 Å². The van der Waals surface area contributed by atoms with E-state index in [0.29, 0.717) is 0 Å². The quantitative estimate of drug-likeness (QED) is 0.506. The molecule has 8 heteroatoms. The average molecular weight is 461 g/mol. The summed E-state index contributed by atoms with van der Waals surface area (Å²) < 4.78 is 24.4. The lowest BCUT2D eigenvalue weighted by Gasteiger charge is -2.32. The largest absolute Gasteiger partial charge is 0.503 e. The maximum atomic E-state index is 13.7. The standard InChI is InChI=1S/C25H33FN2O5/c1-7-17(8-2)21(19-10-9-18(26)13-14(19)3)16(5)33-25(31)15(4)28-24(30)22-23(29)20(32-6)11-12-27-22/h9-13,15-17,21,29H,7-8H2,1-6H3,(H,28,30)/t15-,16-,21-/m0/s1. The molecule has 1 aromatic carbocycles. The van der Waals surface area contributed by atoms with Crippen molar-refractivity contribution in [3.63, 3.8) is 0 Å². The van der Waals surface area contributed by atoms with E-state index in [4.69, 9.17) is 9.47 Å². The number of rotatable bonds is 10. The lowest BCUT2D eigenvalue weighted by molar-refractivity contribution is -0.152. The molecule has 33 heavy (non-hydrogen) atoms. The Hall–Kier alpha value is -3.16. The molecular weight excluding hydrogens is 427 g/mol. The number of carbonyl (C=O) groups is 2. The number of aromatic nitrogens is 1. The molecule has 1 aromatic heterocycles. The molecule has 2 N–H and O–H groups in total. The fraction of sp³-hybridized carbons (Fsp3) is 0.480. The lowest BCUT2D eigenvalue weighted by atomic mass is 9.78. The third kappa shape index (κ3) is 6.21. The van der Waals surface area contributed by atoms with E-state index in [-0.39, 0.29) is 29.1 Å². The minimum absolute atomic E-state index is 0.0988. The number of ether oxygens (including phenoxy) is 2. The maximum Gasteiger partial charge on any atom is 0.328 e. The van der Waals surface area contributed by atoms with Crippen molar-refractivity contribution in [1.29, 1.82) is 0 Å². The van der Waals surface area contributed by atoms with Crippen LogP contribution in [0.15, 0.2) is 30.5 Å². The van der Waals surface area contributed by atoms with Gasteiger partial charge in [-0.1, -0.05) is 32.8 Å². The molecule has 2 rings (SSSR count). The highest BCUT2D eigenvalue weighted by molar-refractivity contribution is 5.97. The first-order valence-corrected chi connectivity index (χ1v) is 11.1. The molecular formula is C25H33FN2O5. The number of hydrogen-bond donors (Lipinski definition) is 2. The molecule has 0 fully saturated rings. The summed E-state index contributed by atoms with van der Waals surface area (Å²) in [5, 5.41) is 12.6. The van der Waals surface area contributed by atoms with Gasteiger partial charge in [-0.15, -0.1) is 0 Å². The first-order chi connectivity index (χ1) is 15.6. The molecule has 180 valence electrons. The number of methoxy groups -OCH3 is 1. The van der Waals surface area contributed by atoms with Gasteiger partial charge in [-0.3, -0.25) is 4.79 Å². The van der Waals surface area contributed by atoms with E-state index < -0.39 is 29.8 Å². The molecule has 0 spiro atoms. The number of hydrogen-bond acceptors (Lipinski definition) is 6. The zero-order valence-electron chi connectivity index (χ0n) is 20.0. The summed E-state index contributed by atoms with van der Waals surface area (Å²) in [6.07, 6.45) is 2.55. The van der Waals surface area contributed by atoms with Gasteiger partial charge in [-0.2, -0.15) is 0 Å². The predicted molar refractivity (Wildman–Crippen MR) is 123 cm³/mol. The van der Waals surface area contributed by atoms with E-state index in [1.54, 1.807) is 6.07 Å². The Labute approximate surface area is 194 Å². The van der Waals surface area contributed by atoms with Crippen molar-refractivity contribution in [1.82, 2.24) is 10.3 Å². The second kappa shape index (κ2) is 11.6. The van der Waals surface area contributed by atoms with Crippen LogP contribution in [0.25, 0.3) is 0 Å². The number of nitrogens with zero attached hydrogens (tertiary/aromatic N) is 1. The van der Waals surface area contributed by atoms with E-state index in [1.807, 2.05) is 13.8 Å². The summed E-state index contributed by atoms with van der Waals surface area (Å²) in [5.41, 5.74) is 1.49. The predicted octanol–water partition coefficient (Wildman–Crippen LogP) is 4.51. The number of pyridine rings is 1. The summed E-state index contributed by atoms with van der Waals surface area (Å²) in [7, 11) is 1.36. The Morgan fingerprint density at radius 3 is 2.42 bits per heavy atom. The molecule has 0 bridgehead atoms. The molecule has 7 nitrogen and oxygen atoms in total. The van der Waals surface area contributed by atoms with Crippen molar-refractivity contribution >= 4 is 11.9 Å². The Bertz CT molecular complexity index is 977. The van der Waals surface area contributed by atoms with Gasteiger partial charge in [0, 0.05) is 18.2 Å². The minimum Gasteiger partial charge on any atom is -0.503 e. The number of halogens is 1. The summed E-state index contributed by atoms with van der Waals surface area (Å²) >= 11 is 0. The molecule has 0 aliphatic heterocycles.